The van der Waals surface area contributed by atoms with Crippen molar-refractivity contribution in [3.63, 3.8) is 0 Å². The van der Waals surface area contributed by atoms with Crippen LogP contribution >= 0.6 is 24.0 Å². The number of sulfonamides is 1. The van der Waals surface area contributed by atoms with Gasteiger partial charge < -0.3 is 10.6 Å². The molecule has 0 bridgehead atoms. The van der Waals surface area contributed by atoms with E-state index in [0.29, 0.717) is 19.5 Å². The van der Waals surface area contributed by atoms with E-state index in [0.717, 1.165) is 43.8 Å². The molecule has 0 unspecified atom stereocenters. The van der Waals surface area contributed by atoms with Gasteiger partial charge in [0.2, 0.25) is 10.0 Å². The van der Waals surface area contributed by atoms with Gasteiger partial charge in [-0.15, -0.1) is 24.0 Å². The molecule has 160 valence electrons. The fourth-order valence-electron chi connectivity index (χ4n) is 3.25. The third-order valence-corrected chi connectivity index (χ3v) is 6.77. The number of nitrogens with zero attached hydrogens (tertiary/aromatic N) is 2. The maximum atomic E-state index is 13.2. The molecule has 1 fully saturated rings. The van der Waals surface area contributed by atoms with E-state index in [1.807, 2.05) is 13.0 Å². The molecule has 2 N–H and O–H groups in total. The van der Waals surface area contributed by atoms with Crippen molar-refractivity contribution in [2.75, 3.05) is 32.4 Å². The highest BCUT2D eigenvalue weighted by Crippen LogP contribution is 2.15. The van der Waals surface area contributed by atoms with Gasteiger partial charge in [-0.05, 0) is 49.8 Å². The smallest absolute Gasteiger partial charge is 0.214 e. The van der Waals surface area contributed by atoms with Crippen LogP contribution in [0.2, 0.25) is 0 Å². The van der Waals surface area contributed by atoms with Crippen LogP contribution in [-0.2, 0) is 16.4 Å². The number of hydrogen-bond donors (Lipinski definition) is 2. The number of guanidine groups is 1. The summed E-state index contributed by atoms with van der Waals surface area (Å²) in [5.41, 5.74) is 0.986. The summed E-state index contributed by atoms with van der Waals surface area (Å²) < 4.78 is 39.0. The minimum Gasteiger partial charge on any atom is -0.356 e. The molecule has 0 aromatic heterocycles. The Morgan fingerprint density at radius 1 is 1.32 bits per heavy atom. The topological polar surface area (TPSA) is 73.8 Å². The quantitative estimate of drug-likeness (QED) is 0.237. The van der Waals surface area contributed by atoms with Crippen LogP contribution in [0, 0.1) is 5.82 Å². The van der Waals surface area contributed by atoms with Gasteiger partial charge in [-0.25, -0.2) is 17.1 Å². The van der Waals surface area contributed by atoms with Crippen molar-refractivity contribution in [2.45, 2.75) is 45.1 Å². The summed E-state index contributed by atoms with van der Waals surface area (Å²) in [5, 5.41) is 6.65. The lowest BCUT2D eigenvalue weighted by Gasteiger charge is -2.32. The van der Waals surface area contributed by atoms with Crippen LogP contribution in [0.25, 0.3) is 0 Å². The minimum absolute atomic E-state index is 0. The van der Waals surface area contributed by atoms with E-state index in [2.05, 4.69) is 15.6 Å². The van der Waals surface area contributed by atoms with E-state index in [4.69, 9.17) is 0 Å². The molecule has 6 nitrogen and oxygen atoms in total. The lowest BCUT2D eigenvalue weighted by molar-refractivity contribution is 0.306. The van der Waals surface area contributed by atoms with Crippen LogP contribution in [0.1, 0.15) is 38.2 Å². The second-order valence-corrected chi connectivity index (χ2v) is 8.95. The van der Waals surface area contributed by atoms with Crippen molar-refractivity contribution in [3.8, 4) is 0 Å². The summed E-state index contributed by atoms with van der Waals surface area (Å²) >= 11 is 0. The zero-order valence-corrected chi connectivity index (χ0v) is 19.8. The van der Waals surface area contributed by atoms with Gasteiger partial charge in [0.25, 0.3) is 0 Å². The van der Waals surface area contributed by atoms with E-state index >= 15 is 0 Å². The normalized spacial score (nSPS) is 16.5. The molecule has 0 amide bonds. The largest absolute Gasteiger partial charge is 0.356 e. The van der Waals surface area contributed by atoms with E-state index < -0.39 is 10.0 Å². The summed E-state index contributed by atoms with van der Waals surface area (Å²) in [7, 11) is -1.38. The van der Waals surface area contributed by atoms with Gasteiger partial charge in [0, 0.05) is 32.7 Å². The van der Waals surface area contributed by atoms with E-state index in [-0.39, 0.29) is 41.6 Å². The van der Waals surface area contributed by atoms with Crippen LogP contribution in [0.3, 0.4) is 0 Å². The van der Waals surface area contributed by atoms with E-state index in [1.165, 1.54) is 6.07 Å². The highest BCUT2D eigenvalue weighted by Gasteiger charge is 2.27. The van der Waals surface area contributed by atoms with Crippen LogP contribution in [0.5, 0.6) is 0 Å². The lowest BCUT2D eigenvalue weighted by atomic mass is 10.1. The second-order valence-electron chi connectivity index (χ2n) is 6.87. The van der Waals surface area contributed by atoms with Gasteiger partial charge in [-0.2, -0.15) is 0 Å². The molecular weight excluding hydrogens is 494 g/mol. The third kappa shape index (κ3) is 8.20. The second kappa shape index (κ2) is 12.6. The fraction of sp³-hybridized carbons (Fsp3) is 0.632. The maximum Gasteiger partial charge on any atom is 0.214 e. The zero-order chi connectivity index (χ0) is 19.7. The van der Waals surface area contributed by atoms with Crippen molar-refractivity contribution < 1.29 is 12.8 Å². The number of hydrogen-bond acceptors (Lipinski definition) is 3. The summed E-state index contributed by atoms with van der Waals surface area (Å²) in [6.07, 6.45) is 3.86. The lowest BCUT2D eigenvalue weighted by Crippen LogP contribution is -2.50. The number of benzene rings is 1. The Balaban J connectivity index is 0.00000392. The van der Waals surface area contributed by atoms with Crippen LogP contribution < -0.4 is 10.6 Å². The molecule has 1 aromatic carbocycles. The molecule has 0 atom stereocenters. The van der Waals surface area contributed by atoms with Crippen LogP contribution in [0.15, 0.2) is 29.3 Å². The van der Waals surface area contributed by atoms with Gasteiger partial charge in [0.1, 0.15) is 5.82 Å². The summed E-state index contributed by atoms with van der Waals surface area (Å²) in [4.78, 5) is 4.24. The highest BCUT2D eigenvalue weighted by atomic mass is 127. The summed E-state index contributed by atoms with van der Waals surface area (Å²) in [6.45, 7) is 3.73. The standard InChI is InChI=1S/C19H31FN4O2S.HI/c1-3-14-27(25,26)24-12-9-18(10-13-24)23-19(21-2)22-11-5-7-16-6-4-8-17(20)15-16;/h4,6,8,15,18H,3,5,7,9-14H2,1-2H3,(H2,21,22,23);1H. The Hall–Kier alpha value is -0.940. The molecule has 0 radical (unpaired) electrons. The van der Waals surface area contributed by atoms with Crippen molar-refractivity contribution in [1.29, 1.82) is 0 Å². The first-order valence-electron chi connectivity index (χ1n) is 9.64. The van der Waals surface area contributed by atoms with E-state index in [1.54, 1.807) is 23.5 Å². The molecule has 28 heavy (non-hydrogen) atoms. The predicted molar refractivity (Wildman–Crippen MR) is 123 cm³/mol. The Kier molecular flexibility index (Phi) is 11.3. The molecule has 9 heteroatoms. The molecule has 2 rings (SSSR count). The first-order valence-corrected chi connectivity index (χ1v) is 11.2. The number of aliphatic imine (C=N–C) groups is 1. The Bertz CT molecular complexity index is 722. The summed E-state index contributed by atoms with van der Waals surface area (Å²) in [5.74, 6) is 0.744. The van der Waals surface area contributed by atoms with Crippen LogP contribution in [-0.4, -0.2) is 57.2 Å². The minimum atomic E-state index is -3.10. The average Bonchev–Trinajstić information content (AvgIpc) is 2.64. The molecule has 0 saturated carbocycles. The maximum absolute atomic E-state index is 13.2. The van der Waals surface area contributed by atoms with Crippen molar-refractivity contribution >= 4 is 40.0 Å². The number of piperidine rings is 1. The first kappa shape index (κ1) is 25.1. The SMILES string of the molecule is CCCS(=O)(=O)N1CCC(NC(=NC)NCCCc2cccc(F)c2)CC1.I. The molecule has 1 heterocycles. The molecule has 0 spiro atoms. The zero-order valence-electron chi connectivity index (χ0n) is 16.7. The molecular formula is C19H32FIN4O2S. The number of aryl methyl sites for hydroxylation is 1. The van der Waals surface area contributed by atoms with Crippen molar-refractivity contribution in [1.82, 2.24) is 14.9 Å². The predicted octanol–water partition coefficient (Wildman–Crippen LogP) is 2.75. The molecule has 1 aliphatic heterocycles. The van der Waals surface area contributed by atoms with Gasteiger partial charge in [-0.1, -0.05) is 19.1 Å². The van der Waals surface area contributed by atoms with Crippen molar-refractivity contribution in [2.24, 2.45) is 4.99 Å². The molecule has 1 aliphatic rings. The summed E-state index contributed by atoms with van der Waals surface area (Å²) in [6, 6.07) is 6.88. The number of rotatable bonds is 8. The molecule has 1 saturated heterocycles. The Morgan fingerprint density at radius 2 is 2.04 bits per heavy atom. The average molecular weight is 526 g/mol. The first-order chi connectivity index (χ1) is 12.9. The van der Waals surface area contributed by atoms with E-state index in [9.17, 15) is 12.8 Å². The van der Waals surface area contributed by atoms with Crippen molar-refractivity contribution in [3.05, 3.63) is 35.6 Å². The monoisotopic (exact) mass is 526 g/mol. The fourth-order valence-corrected chi connectivity index (χ4v) is 4.79. The van der Waals surface area contributed by atoms with Gasteiger partial charge in [-0.3, -0.25) is 4.99 Å². The van der Waals surface area contributed by atoms with Gasteiger partial charge in [0.05, 0.1) is 5.75 Å². The highest BCUT2D eigenvalue weighted by molar-refractivity contribution is 14.0. The Morgan fingerprint density at radius 3 is 2.64 bits per heavy atom. The van der Waals surface area contributed by atoms with Gasteiger partial charge in [0.15, 0.2) is 5.96 Å². The van der Waals surface area contributed by atoms with Gasteiger partial charge >= 0.3 is 0 Å². The third-order valence-electron chi connectivity index (χ3n) is 4.70. The number of halogens is 2. The van der Waals surface area contributed by atoms with Crippen LogP contribution in [0.4, 0.5) is 4.39 Å². The molecule has 0 aliphatic carbocycles. The Labute approximate surface area is 185 Å². The molecule has 1 aromatic rings. The number of nitrogens with one attached hydrogen (secondary N) is 2.